The molecule has 3 heteroatoms. The zero-order valence-electron chi connectivity index (χ0n) is 9.62. The van der Waals surface area contributed by atoms with Gasteiger partial charge in [0.1, 0.15) is 0 Å². The molecule has 0 aromatic rings. The first kappa shape index (κ1) is 12.5. The molecule has 0 radical (unpaired) electrons. The van der Waals surface area contributed by atoms with E-state index in [-0.39, 0.29) is 5.78 Å². The van der Waals surface area contributed by atoms with Crippen molar-refractivity contribution in [3.63, 3.8) is 0 Å². The van der Waals surface area contributed by atoms with Crippen molar-refractivity contribution in [2.45, 2.75) is 13.3 Å². The van der Waals surface area contributed by atoms with E-state index in [1.165, 1.54) is 0 Å². The number of rotatable bonds is 5. The lowest BCUT2D eigenvalue weighted by atomic mass is 10.1. The van der Waals surface area contributed by atoms with E-state index in [2.05, 4.69) is 24.1 Å². The number of ketones is 1. The second kappa shape index (κ2) is 6.80. The molecule has 0 unspecified atom stereocenters. The van der Waals surface area contributed by atoms with Crippen molar-refractivity contribution in [2.75, 3.05) is 13.1 Å². The van der Waals surface area contributed by atoms with Crippen molar-refractivity contribution in [3.05, 3.63) is 48.4 Å². The second-order valence-corrected chi connectivity index (χ2v) is 3.60. The van der Waals surface area contributed by atoms with Crippen LogP contribution in [-0.4, -0.2) is 18.9 Å². The molecule has 0 amide bonds. The first-order valence-corrected chi connectivity index (χ1v) is 5.48. The standard InChI is InChI=1S/C13H18N2O/c1-3-7-14-10-13(16)12-9-11(2)6-4-5-8-15-12/h4-6,8-9,14-15H,2-3,7,10H2,1H3/b6-4-,8-5-,12-9?. The summed E-state index contributed by atoms with van der Waals surface area (Å²) in [7, 11) is 0. The molecule has 0 saturated carbocycles. The smallest absolute Gasteiger partial charge is 0.192 e. The van der Waals surface area contributed by atoms with Gasteiger partial charge in [-0.15, -0.1) is 0 Å². The van der Waals surface area contributed by atoms with Crippen LogP contribution in [0.4, 0.5) is 0 Å². The molecular weight excluding hydrogens is 200 g/mol. The van der Waals surface area contributed by atoms with Crippen molar-refractivity contribution in [2.24, 2.45) is 0 Å². The Balaban J connectivity index is 2.59. The normalized spacial score (nSPS) is 19.1. The highest BCUT2D eigenvalue weighted by Crippen LogP contribution is 2.04. The van der Waals surface area contributed by atoms with Crippen LogP contribution < -0.4 is 10.6 Å². The van der Waals surface area contributed by atoms with Gasteiger partial charge in [0.05, 0.1) is 12.2 Å². The number of Topliss-reactive ketones (excluding diaryl/α,β-unsaturated/α-hetero) is 1. The summed E-state index contributed by atoms with van der Waals surface area (Å²) >= 11 is 0. The molecule has 1 aliphatic heterocycles. The number of hydrogen-bond donors (Lipinski definition) is 2. The Labute approximate surface area is 96.6 Å². The Kier molecular flexibility index (Phi) is 5.29. The number of carbonyl (C=O) groups excluding carboxylic acids is 1. The lowest BCUT2D eigenvalue weighted by Gasteiger charge is -2.08. The average Bonchev–Trinajstić information content (AvgIpc) is 2.23. The van der Waals surface area contributed by atoms with Crippen LogP contribution in [0.3, 0.4) is 0 Å². The van der Waals surface area contributed by atoms with Crippen LogP contribution in [0.5, 0.6) is 0 Å². The van der Waals surface area contributed by atoms with Gasteiger partial charge < -0.3 is 10.6 Å². The maximum absolute atomic E-state index is 11.8. The minimum atomic E-state index is 0.0505. The summed E-state index contributed by atoms with van der Waals surface area (Å²) in [4.78, 5) is 11.8. The van der Waals surface area contributed by atoms with E-state index in [9.17, 15) is 4.79 Å². The summed E-state index contributed by atoms with van der Waals surface area (Å²) in [6.45, 7) is 7.12. The zero-order valence-corrected chi connectivity index (χ0v) is 9.62. The third-order valence-electron chi connectivity index (χ3n) is 2.10. The predicted molar refractivity (Wildman–Crippen MR) is 66.8 cm³/mol. The van der Waals surface area contributed by atoms with E-state index in [0.717, 1.165) is 18.5 Å². The maximum Gasteiger partial charge on any atom is 0.192 e. The Morgan fingerprint density at radius 3 is 3.06 bits per heavy atom. The Morgan fingerprint density at radius 2 is 2.31 bits per heavy atom. The summed E-state index contributed by atoms with van der Waals surface area (Å²) in [6.07, 6.45) is 10.1. The van der Waals surface area contributed by atoms with Crippen molar-refractivity contribution >= 4 is 5.78 Å². The van der Waals surface area contributed by atoms with Crippen LogP contribution in [0.2, 0.25) is 0 Å². The molecule has 0 aromatic heterocycles. The minimum Gasteiger partial charge on any atom is -0.359 e. The Morgan fingerprint density at radius 1 is 1.50 bits per heavy atom. The number of hydrogen-bond acceptors (Lipinski definition) is 3. The van der Waals surface area contributed by atoms with Crippen LogP contribution in [-0.2, 0) is 4.79 Å². The molecule has 1 aliphatic rings. The molecule has 0 aliphatic carbocycles. The summed E-state index contributed by atoms with van der Waals surface area (Å²) in [5.74, 6) is 0.0505. The molecule has 0 aromatic carbocycles. The summed E-state index contributed by atoms with van der Waals surface area (Å²) in [5, 5.41) is 6.04. The van der Waals surface area contributed by atoms with Crippen molar-refractivity contribution in [3.8, 4) is 0 Å². The van der Waals surface area contributed by atoms with Gasteiger partial charge in [0.15, 0.2) is 5.78 Å². The second-order valence-electron chi connectivity index (χ2n) is 3.60. The molecule has 1 heterocycles. The van der Waals surface area contributed by atoms with E-state index < -0.39 is 0 Å². The maximum atomic E-state index is 11.8. The summed E-state index contributed by atoms with van der Waals surface area (Å²) < 4.78 is 0. The quantitative estimate of drug-likeness (QED) is 0.690. The van der Waals surface area contributed by atoms with Gasteiger partial charge in [-0.05, 0) is 30.7 Å². The van der Waals surface area contributed by atoms with Crippen LogP contribution in [0.1, 0.15) is 13.3 Å². The van der Waals surface area contributed by atoms with Crippen LogP contribution in [0.15, 0.2) is 48.4 Å². The molecule has 86 valence electrons. The fraction of sp³-hybridized carbons (Fsp3) is 0.308. The fourth-order valence-electron chi connectivity index (χ4n) is 1.28. The average molecular weight is 218 g/mol. The third-order valence-corrected chi connectivity index (χ3v) is 2.10. The molecular formula is C13H18N2O. The zero-order chi connectivity index (χ0) is 11.8. The van der Waals surface area contributed by atoms with E-state index in [1.807, 2.05) is 18.2 Å². The molecule has 1 rings (SSSR count). The first-order chi connectivity index (χ1) is 7.74. The Hall–Kier alpha value is -1.61. The van der Waals surface area contributed by atoms with Crippen molar-refractivity contribution in [1.82, 2.24) is 10.6 Å². The number of carbonyl (C=O) groups is 1. The summed E-state index contributed by atoms with van der Waals surface area (Å²) in [5.41, 5.74) is 1.39. The number of allylic oxidation sites excluding steroid dienone is 5. The molecule has 16 heavy (non-hydrogen) atoms. The molecule has 0 bridgehead atoms. The number of nitrogens with one attached hydrogen (secondary N) is 2. The highest BCUT2D eigenvalue weighted by molar-refractivity contribution is 5.97. The molecule has 0 saturated heterocycles. The predicted octanol–water partition coefficient (Wildman–Crippen LogP) is 1.67. The highest BCUT2D eigenvalue weighted by Gasteiger charge is 2.07. The topological polar surface area (TPSA) is 41.1 Å². The lowest BCUT2D eigenvalue weighted by Crippen LogP contribution is -2.28. The van der Waals surface area contributed by atoms with Crippen molar-refractivity contribution in [1.29, 1.82) is 0 Å². The largest absolute Gasteiger partial charge is 0.359 e. The van der Waals surface area contributed by atoms with Gasteiger partial charge in [0.2, 0.25) is 0 Å². The molecule has 2 N–H and O–H groups in total. The fourth-order valence-corrected chi connectivity index (χ4v) is 1.28. The van der Waals surface area contributed by atoms with Gasteiger partial charge in [-0.1, -0.05) is 25.7 Å². The molecule has 0 fully saturated rings. The van der Waals surface area contributed by atoms with Crippen LogP contribution in [0.25, 0.3) is 0 Å². The van der Waals surface area contributed by atoms with E-state index in [1.54, 1.807) is 12.3 Å². The van der Waals surface area contributed by atoms with Crippen LogP contribution in [0, 0.1) is 0 Å². The molecule has 3 nitrogen and oxygen atoms in total. The SMILES string of the molecule is C=C1C=C(C(=O)CNCCC)N/C=C\C=C/1. The molecule has 0 atom stereocenters. The summed E-state index contributed by atoms with van der Waals surface area (Å²) in [6, 6.07) is 0. The monoisotopic (exact) mass is 218 g/mol. The molecule has 0 spiro atoms. The van der Waals surface area contributed by atoms with Crippen molar-refractivity contribution < 1.29 is 4.79 Å². The van der Waals surface area contributed by atoms with Gasteiger partial charge in [0.25, 0.3) is 0 Å². The third kappa shape index (κ3) is 4.28. The first-order valence-electron chi connectivity index (χ1n) is 5.48. The van der Waals surface area contributed by atoms with Gasteiger partial charge in [-0.3, -0.25) is 4.79 Å². The van der Waals surface area contributed by atoms with Gasteiger partial charge in [0, 0.05) is 6.20 Å². The van der Waals surface area contributed by atoms with Gasteiger partial charge in [-0.2, -0.15) is 0 Å². The van der Waals surface area contributed by atoms with Gasteiger partial charge >= 0.3 is 0 Å². The van der Waals surface area contributed by atoms with Crippen LogP contribution >= 0.6 is 0 Å². The van der Waals surface area contributed by atoms with Gasteiger partial charge in [-0.25, -0.2) is 0 Å². The lowest BCUT2D eigenvalue weighted by molar-refractivity contribution is -0.115. The van der Waals surface area contributed by atoms with E-state index >= 15 is 0 Å². The van der Waals surface area contributed by atoms with E-state index in [4.69, 9.17) is 0 Å². The van der Waals surface area contributed by atoms with E-state index in [0.29, 0.717) is 12.2 Å². The highest BCUT2D eigenvalue weighted by atomic mass is 16.1. The minimum absolute atomic E-state index is 0.0505. The Bertz CT molecular complexity index is 351.